The Balaban J connectivity index is 2.33. The molecule has 0 spiro atoms. The van der Waals surface area contributed by atoms with Crippen LogP contribution in [0, 0.1) is 6.92 Å². The van der Waals surface area contributed by atoms with Gasteiger partial charge in [0.1, 0.15) is 6.54 Å². The summed E-state index contributed by atoms with van der Waals surface area (Å²) in [6.45, 7) is 2.11. The molecule has 1 N–H and O–H groups in total. The van der Waals surface area contributed by atoms with Gasteiger partial charge in [0.25, 0.3) is 0 Å². The molecule has 0 aromatic carbocycles. The number of carbonyl (C=O) groups is 1. The number of amides is 1. The number of rotatable bonds is 1. The Morgan fingerprint density at radius 2 is 2.50 bits per heavy atom. The number of aryl methyl sites for hydroxylation is 1. The second-order valence-corrected chi connectivity index (χ2v) is 2.65. The summed E-state index contributed by atoms with van der Waals surface area (Å²) in [5, 5.41) is 2.61. The van der Waals surface area contributed by atoms with Crippen molar-refractivity contribution >= 4 is 11.7 Å². The Morgan fingerprint density at radius 3 is 3.00 bits per heavy atom. The SMILES string of the molecule is Cc1ccoc1C1=NCC(=O)N1. The van der Waals surface area contributed by atoms with Gasteiger partial charge in [-0.15, -0.1) is 0 Å². The van der Waals surface area contributed by atoms with Crippen molar-refractivity contribution in [2.45, 2.75) is 6.92 Å². The topological polar surface area (TPSA) is 54.6 Å². The molecule has 4 nitrogen and oxygen atoms in total. The van der Waals surface area contributed by atoms with Gasteiger partial charge in [0.2, 0.25) is 5.91 Å². The van der Waals surface area contributed by atoms with Gasteiger partial charge in [-0.05, 0) is 18.6 Å². The van der Waals surface area contributed by atoms with E-state index >= 15 is 0 Å². The highest BCUT2D eigenvalue weighted by Crippen LogP contribution is 2.10. The van der Waals surface area contributed by atoms with Crippen LogP contribution in [0.5, 0.6) is 0 Å². The van der Waals surface area contributed by atoms with E-state index in [2.05, 4.69) is 10.3 Å². The first-order valence-corrected chi connectivity index (χ1v) is 3.66. The maximum atomic E-state index is 10.8. The van der Waals surface area contributed by atoms with Gasteiger partial charge in [-0.3, -0.25) is 9.79 Å². The van der Waals surface area contributed by atoms with E-state index in [4.69, 9.17) is 4.42 Å². The quantitative estimate of drug-likeness (QED) is 0.655. The van der Waals surface area contributed by atoms with Crippen molar-refractivity contribution in [3.8, 4) is 0 Å². The smallest absolute Gasteiger partial charge is 0.247 e. The van der Waals surface area contributed by atoms with Crippen LogP contribution in [0.1, 0.15) is 11.3 Å². The lowest BCUT2D eigenvalue weighted by molar-refractivity contribution is -0.117. The highest BCUT2D eigenvalue weighted by atomic mass is 16.3. The Kier molecular flexibility index (Phi) is 1.46. The fourth-order valence-corrected chi connectivity index (χ4v) is 1.11. The molecular weight excluding hydrogens is 156 g/mol. The van der Waals surface area contributed by atoms with Crippen molar-refractivity contribution < 1.29 is 9.21 Å². The molecule has 0 saturated carbocycles. The molecule has 2 heterocycles. The van der Waals surface area contributed by atoms with E-state index in [0.29, 0.717) is 11.6 Å². The van der Waals surface area contributed by atoms with Crippen LogP contribution in [0.3, 0.4) is 0 Å². The Bertz CT molecular complexity index is 352. The standard InChI is InChI=1S/C8H8N2O2/c1-5-2-3-12-7(5)8-9-4-6(11)10-8/h2-3H,4H2,1H3,(H,9,10,11). The number of aliphatic imine (C=N–C) groups is 1. The number of furan rings is 1. The van der Waals surface area contributed by atoms with Gasteiger partial charge in [-0.1, -0.05) is 0 Å². The molecule has 1 aliphatic heterocycles. The summed E-state index contributed by atoms with van der Waals surface area (Å²) in [7, 11) is 0. The fraction of sp³-hybridized carbons (Fsp3) is 0.250. The van der Waals surface area contributed by atoms with Gasteiger partial charge in [-0.25, -0.2) is 0 Å². The lowest BCUT2D eigenvalue weighted by Crippen LogP contribution is -2.25. The molecule has 1 aliphatic rings. The molecule has 0 atom stereocenters. The van der Waals surface area contributed by atoms with Crippen LogP contribution >= 0.6 is 0 Å². The number of nitrogens with one attached hydrogen (secondary N) is 1. The fourth-order valence-electron chi connectivity index (χ4n) is 1.11. The average Bonchev–Trinajstić information content (AvgIpc) is 2.58. The molecule has 0 unspecified atom stereocenters. The number of hydrogen-bond donors (Lipinski definition) is 1. The summed E-state index contributed by atoms with van der Waals surface area (Å²) in [5.41, 5.74) is 0.982. The highest BCUT2D eigenvalue weighted by Gasteiger charge is 2.18. The minimum Gasteiger partial charge on any atom is -0.461 e. The molecule has 0 saturated heterocycles. The van der Waals surface area contributed by atoms with E-state index in [-0.39, 0.29) is 12.5 Å². The third-order valence-corrected chi connectivity index (χ3v) is 1.72. The van der Waals surface area contributed by atoms with Crippen molar-refractivity contribution in [3.63, 3.8) is 0 Å². The maximum absolute atomic E-state index is 10.8. The predicted molar refractivity (Wildman–Crippen MR) is 43.0 cm³/mol. The molecule has 0 bridgehead atoms. The zero-order valence-electron chi connectivity index (χ0n) is 6.63. The first-order valence-electron chi connectivity index (χ1n) is 3.66. The molecule has 1 aromatic rings. The number of amidine groups is 1. The van der Waals surface area contributed by atoms with Gasteiger partial charge >= 0.3 is 0 Å². The molecule has 0 radical (unpaired) electrons. The lowest BCUT2D eigenvalue weighted by atomic mass is 10.3. The summed E-state index contributed by atoms with van der Waals surface area (Å²) < 4.78 is 5.15. The number of nitrogens with zero attached hydrogens (tertiary/aromatic N) is 1. The highest BCUT2D eigenvalue weighted by molar-refractivity contribution is 6.11. The molecule has 62 valence electrons. The molecule has 12 heavy (non-hydrogen) atoms. The summed E-state index contributed by atoms with van der Waals surface area (Å²) in [6, 6.07) is 1.84. The third-order valence-electron chi connectivity index (χ3n) is 1.72. The molecular formula is C8H8N2O2. The predicted octanol–water partition coefficient (Wildman–Crippen LogP) is 0.464. The van der Waals surface area contributed by atoms with Crippen LogP contribution in [-0.2, 0) is 4.79 Å². The van der Waals surface area contributed by atoms with Gasteiger partial charge < -0.3 is 9.73 Å². The molecule has 0 aliphatic carbocycles. The van der Waals surface area contributed by atoms with E-state index in [1.54, 1.807) is 6.26 Å². The van der Waals surface area contributed by atoms with Crippen LogP contribution in [-0.4, -0.2) is 18.3 Å². The van der Waals surface area contributed by atoms with Gasteiger partial charge in [0.15, 0.2) is 11.6 Å². The number of hydrogen-bond acceptors (Lipinski definition) is 3. The van der Waals surface area contributed by atoms with Crippen LogP contribution in [0.15, 0.2) is 21.7 Å². The molecule has 2 rings (SSSR count). The molecule has 4 heteroatoms. The van der Waals surface area contributed by atoms with Crippen LogP contribution in [0.2, 0.25) is 0 Å². The van der Waals surface area contributed by atoms with E-state index in [1.807, 2.05) is 13.0 Å². The zero-order valence-corrected chi connectivity index (χ0v) is 6.63. The summed E-state index contributed by atoms with van der Waals surface area (Å²) in [4.78, 5) is 14.8. The van der Waals surface area contributed by atoms with Crippen molar-refractivity contribution in [1.29, 1.82) is 0 Å². The van der Waals surface area contributed by atoms with Gasteiger partial charge in [0.05, 0.1) is 6.26 Å². The average molecular weight is 164 g/mol. The van der Waals surface area contributed by atoms with E-state index < -0.39 is 0 Å². The Hall–Kier alpha value is -1.58. The normalized spacial score (nSPS) is 16.1. The largest absolute Gasteiger partial charge is 0.461 e. The van der Waals surface area contributed by atoms with Gasteiger partial charge in [-0.2, -0.15) is 0 Å². The maximum Gasteiger partial charge on any atom is 0.247 e. The first-order chi connectivity index (χ1) is 5.77. The minimum absolute atomic E-state index is 0.0826. The van der Waals surface area contributed by atoms with E-state index in [1.165, 1.54) is 0 Å². The monoisotopic (exact) mass is 164 g/mol. The first kappa shape index (κ1) is 7.09. The van der Waals surface area contributed by atoms with Crippen molar-refractivity contribution in [3.05, 3.63) is 23.7 Å². The minimum atomic E-state index is -0.0826. The van der Waals surface area contributed by atoms with E-state index in [9.17, 15) is 4.79 Å². The van der Waals surface area contributed by atoms with Gasteiger partial charge in [0, 0.05) is 0 Å². The van der Waals surface area contributed by atoms with Crippen molar-refractivity contribution in [2.75, 3.05) is 6.54 Å². The lowest BCUT2D eigenvalue weighted by Gasteiger charge is -1.96. The van der Waals surface area contributed by atoms with Crippen LogP contribution < -0.4 is 5.32 Å². The van der Waals surface area contributed by atoms with Crippen LogP contribution in [0.25, 0.3) is 0 Å². The molecule has 1 amide bonds. The Labute approximate surface area is 69.3 Å². The third kappa shape index (κ3) is 1.01. The zero-order chi connectivity index (χ0) is 8.55. The number of carbonyl (C=O) groups excluding carboxylic acids is 1. The summed E-state index contributed by atoms with van der Waals surface area (Å²) in [6.07, 6.45) is 1.58. The summed E-state index contributed by atoms with van der Waals surface area (Å²) in [5.74, 6) is 1.11. The Morgan fingerprint density at radius 1 is 1.67 bits per heavy atom. The molecule has 1 aromatic heterocycles. The van der Waals surface area contributed by atoms with Crippen LogP contribution in [0.4, 0.5) is 0 Å². The second kappa shape index (κ2) is 2.48. The van der Waals surface area contributed by atoms with Crippen molar-refractivity contribution in [1.82, 2.24) is 5.32 Å². The van der Waals surface area contributed by atoms with E-state index in [0.717, 1.165) is 5.56 Å². The second-order valence-electron chi connectivity index (χ2n) is 2.65. The summed E-state index contributed by atoms with van der Waals surface area (Å²) >= 11 is 0. The van der Waals surface area contributed by atoms with Crippen molar-refractivity contribution in [2.24, 2.45) is 4.99 Å². The molecule has 0 fully saturated rings.